The van der Waals surface area contributed by atoms with Gasteiger partial charge in [0.05, 0.1) is 0 Å². The number of nitrogens with two attached hydrogens (primary N) is 1. The van der Waals surface area contributed by atoms with Crippen LogP contribution in [0.5, 0.6) is 0 Å². The minimum atomic E-state index is -0.833. The number of nitrogens with zero attached hydrogens (tertiary/aromatic N) is 3. The Morgan fingerprint density at radius 1 is 1.25 bits per heavy atom. The first-order valence-electron chi connectivity index (χ1n) is 6.19. The van der Waals surface area contributed by atoms with E-state index in [-0.39, 0.29) is 12.0 Å². The summed E-state index contributed by atoms with van der Waals surface area (Å²) >= 11 is 0. The third kappa shape index (κ3) is 3.84. The lowest BCUT2D eigenvalue weighted by Gasteiger charge is -2.13. The highest BCUT2D eigenvalue weighted by Crippen LogP contribution is 2.12. The van der Waals surface area contributed by atoms with Crippen LogP contribution in [0.4, 0.5) is 20.7 Å². The average molecular weight is 279 g/mol. The molecule has 1 aromatic heterocycles. The molecule has 0 saturated heterocycles. The second kappa shape index (κ2) is 6.23. The highest BCUT2D eigenvalue weighted by molar-refractivity contribution is 5.30. The van der Waals surface area contributed by atoms with Crippen LogP contribution in [0.3, 0.4) is 0 Å². The topological polar surface area (TPSA) is 76.7 Å². The molecule has 1 unspecified atom stereocenters. The normalized spacial score (nSPS) is 12.2. The SMILES string of the molecule is CC(CCc1ccc(F)c(F)c1)Nc1ncnc(N)n1. The largest absolute Gasteiger partial charge is 0.368 e. The summed E-state index contributed by atoms with van der Waals surface area (Å²) in [5.74, 6) is -1.11. The van der Waals surface area contributed by atoms with Crippen LogP contribution in [-0.4, -0.2) is 21.0 Å². The van der Waals surface area contributed by atoms with Crippen molar-refractivity contribution in [1.82, 2.24) is 15.0 Å². The van der Waals surface area contributed by atoms with Crippen molar-refractivity contribution in [2.24, 2.45) is 0 Å². The molecule has 0 aliphatic carbocycles. The molecule has 0 radical (unpaired) electrons. The fraction of sp³-hybridized carbons (Fsp3) is 0.308. The Kier molecular flexibility index (Phi) is 4.39. The number of benzene rings is 1. The van der Waals surface area contributed by atoms with Gasteiger partial charge in [-0.2, -0.15) is 4.98 Å². The van der Waals surface area contributed by atoms with Gasteiger partial charge in [0.25, 0.3) is 0 Å². The van der Waals surface area contributed by atoms with E-state index in [0.29, 0.717) is 12.4 Å². The van der Waals surface area contributed by atoms with Crippen LogP contribution in [0.25, 0.3) is 0 Å². The van der Waals surface area contributed by atoms with Gasteiger partial charge in [-0.25, -0.2) is 18.7 Å². The second-order valence-electron chi connectivity index (χ2n) is 4.50. The lowest BCUT2D eigenvalue weighted by Crippen LogP contribution is -2.18. The molecular weight excluding hydrogens is 264 g/mol. The van der Waals surface area contributed by atoms with Gasteiger partial charge < -0.3 is 11.1 Å². The summed E-state index contributed by atoms with van der Waals surface area (Å²) in [6.07, 6.45) is 2.66. The van der Waals surface area contributed by atoms with Crippen LogP contribution in [0, 0.1) is 11.6 Å². The number of halogens is 2. The Hall–Kier alpha value is -2.31. The summed E-state index contributed by atoms with van der Waals surface area (Å²) in [7, 11) is 0. The molecule has 3 N–H and O–H groups in total. The highest BCUT2D eigenvalue weighted by Gasteiger charge is 2.07. The van der Waals surface area contributed by atoms with Gasteiger partial charge in [0, 0.05) is 6.04 Å². The predicted octanol–water partition coefficient (Wildman–Crippen LogP) is 2.17. The number of anilines is 2. The van der Waals surface area contributed by atoms with E-state index in [1.165, 1.54) is 12.4 Å². The Morgan fingerprint density at radius 3 is 2.75 bits per heavy atom. The quantitative estimate of drug-likeness (QED) is 0.877. The molecule has 0 aliphatic rings. The maximum Gasteiger partial charge on any atom is 0.227 e. The molecule has 0 bridgehead atoms. The van der Waals surface area contributed by atoms with Crippen molar-refractivity contribution in [3.05, 3.63) is 41.7 Å². The molecule has 0 spiro atoms. The van der Waals surface area contributed by atoms with Gasteiger partial charge in [0.15, 0.2) is 11.6 Å². The van der Waals surface area contributed by atoms with Crippen molar-refractivity contribution in [3.8, 4) is 0 Å². The molecule has 106 valence electrons. The number of hydrogen-bond donors (Lipinski definition) is 2. The van der Waals surface area contributed by atoms with Crippen molar-refractivity contribution in [1.29, 1.82) is 0 Å². The van der Waals surface area contributed by atoms with Crippen LogP contribution in [0.1, 0.15) is 18.9 Å². The number of nitrogens with one attached hydrogen (secondary N) is 1. The van der Waals surface area contributed by atoms with Crippen molar-refractivity contribution >= 4 is 11.9 Å². The zero-order valence-electron chi connectivity index (χ0n) is 11.0. The van der Waals surface area contributed by atoms with E-state index in [2.05, 4.69) is 20.3 Å². The van der Waals surface area contributed by atoms with Crippen LogP contribution >= 0.6 is 0 Å². The van der Waals surface area contributed by atoms with Gasteiger partial charge >= 0.3 is 0 Å². The van der Waals surface area contributed by atoms with E-state index in [9.17, 15) is 8.78 Å². The van der Waals surface area contributed by atoms with Gasteiger partial charge in [-0.3, -0.25) is 0 Å². The summed E-state index contributed by atoms with van der Waals surface area (Å²) in [6.45, 7) is 1.94. The number of rotatable bonds is 5. The van der Waals surface area contributed by atoms with E-state index < -0.39 is 11.6 Å². The van der Waals surface area contributed by atoms with Crippen molar-refractivity contribution in [3.63, 3.8) is 0 Å². The monoisotopic (exact) mass is 279 g/mol. The summed E-state index contributed by atoms with van der Waals surface area (Å²) < 4.78 is 25.9. The second-order valence-corrected chi connectivity index (χ2v) is 4.50. The first kappa shape index (κ1) is 14.1. The van der Waals surface area contributed by atoms with Crippen molar-refractivity contribution in [2.75, 3.05) is 11.1 Å². The maximum absolute atomic E-state index is 13.1. The van der Waals surface area contributed by atoms with Crippen LogP contribution in [-0.2, 0) is 6.42 Å². The fourth-order valence-corrected chi connectivity index (χ4v) is 1.75. The molecule has 5 nitrogen and oxygen atoms in total. The smallest absolute Gasteiger partial charge is 0.227 e. The van der Waals surface area contributed by atoms with E-state index in [0.717, 1.165) is 18.1 Å². The first-order valence-corrected chi connectivity index (χ1v) is 6.19. The number of hydrogen-bond acceptors (Lipinski definition) is 5. The van der Waals surface area contributed by atoms with Crippen molar-refractivity contribution < 1.29 is 8.78 Å². The van der Waals surface area contributed by atoms with Crippen LogP contribution in [0.15, 0.2) is 24.5 Å². The zero-order valence-corrected chi connectivity index (χ0v) is 11.0. The number of aryl methyl sites for hydroxylation is 1. The molecule has 20 heavy (non-hydrogen) atoms. The van der Waals surface area contributed by atoms with E-state index in [4.69, 9.17) is 5.73 Å². The zero-order chi connectivity index (χ0) is 14.5. The van der Waals surface area contributed by atoms with Crippen molar-refractivity contribution in [2.45, 2.75) is 25.8 Å². The third-order valence-electron chi connectivity index (χ3n) is 2.82. The van der Waals surface area contributed by atoms with Gasteiger partial charge in [0.1, 0.15) is 6.33 Å². The summed E-state index contributed by atoms with van der Waals surface area (Å²) in [5.41, 5.74) is 6.19. The van der Waals surface area contributed by atoms with Crippen LogP contribution < -0.4 is 11.1 Å². The van der Waals surface area contributed by atoms with Gasteiger partial charge in [-0.15, -0.1) is 0 Å². The molecule has 0 amide bonds. The molecule has 7 heteroatoms. The Balaban J connectivity index is 1.88. The molecule has 2 rings (SSSR count). The Labute approximate surface area is 115 Å². The Morgan fingerprint density at radius 2 is 2.05 bits per heavy atom. The third-order valence-corrected chi connectivity index (χ3v) is 2.82. The molecule has 2 aromatic rings. The molecule has 0 aliphatic heterocycles. The van der Waals surface area contributed by atoms with E-state index in [1.54, 1.807) is 6.07 Å². The molecule has 1 aromatic carbocycles. The molecule has 1 atom stereocenters. The molecular formula is C13H15F2N5. The minimum Gasteiger partial charge on any atom is -0.368 e. The maximum atomic E-state index is 13.1. The molecule has 0 saturated carbocycles. The Bertz CT molecular complexity index is 591. The summed E-state index contributed by atoms with van der Waals surface area (Å²) in [6, 6.07) is 3.98. The highest BCUT2D eigenvalue weighted by atomic mass is 19.2. The minimum absolute atomic E-state index is 0.0601. The van der Waals surface area contributed by atoms with Crippen LogP contribution in [0.2, 0.25) is 0 Å². The van der Waals surface area contributed by atoms with E-state index in [1.807, 2.05) is 6.92 Å². The van der Waals surface area contributed by atoms with Gasteiger partial charge in [0.2, 0.25) is 11.9 Å². The standard InChI is InChI=1S/C13H15F2N5/c1-8(19-13-18-7-17-12(16)20-13)2-3-9-4-5-10(14)11(15)6-9/h4-8H,2-3H2,1H3,(H3,16,17,18,19,20). The van der Waals surface area contributed by atoms with E-state index >= 15 is 0 Å². The number of aromatic nitrogens is 3. The summed E-state index contributed by atoms with van der Waals surface area (Å²) in [4.78, 5) is 11.6. The van der Waals surface area contributed by atoms with Gasteiger partial charge in [-0.1, -0.05) is 6.07 Å². The molecule has 0 fully saturated rings. The molecule has 1 heterocycles. The lowest BCUT2D eigenvalue weighted by molar-refractivity contribution is 0.506. The van der Waals surface area contributed by atoms with Gasteiger partial charge in [-0.05, 0) is 37.5 Å². The average Bonchev–Trinajstić information content (AvgIpc) is 2.40. The predicted molar refractivity (Wildman–Crippen MR) is 72.0 cm³/mol. The lowest BCUT2D eigenvalue weighted by atomic mass is 10.1. The number of nitrogen functional groups attached to an aromatic ring is 1. The fourth-order valence-electron chi connectivity index (χ4n) is 1.75. The first-order chi connectivity index (χ1) is 9.54. The summed E-state index contributed by atoms with van der Waals surface area (Å²) in [5, 5.41) is 3.07.